The van der Waals surface area contributed by atoms with Crippen molar-refractivity contribution in [3.05, 3.63) is 28.8 Å². The second-order valence-corrected chi connectivity index (χ2v) is 6.85. The van der Waals surface area contributed by atoms with Crippen LogP contribution in [0.3, 0.4) is 0 Å². The Kier molecular flexibility index (Phi) is 4.01. The van der Waals surface area contributed by atoms with Crippen molar-refractivity contribution in [2.45, 2.75) is 36.1 Å². The first-order valence-corrected chi connectivity index (χ1v) is 7.93. The third kappa shape index (κ3) is 2.78. The summed E-state index contributed by atoms with van der Waals surface area (Å²) in [6.07, 6.45) is 2.66. The smallest absolute Gasteiger partial charge is 0.207 e. The molecule has 0 amide bonds. The summed E-state index contributed by atoms with van der Waals surface area (Å²) in [5, 5.41) is 18.1. The zero-order valence-electron chi connectivity index (χ0n) is 10.6. The Labute approximate surface area is 122 Å². The van der Waals surface area contributed by atoms with Crippen LogP contribution in [0, 0.1) is 22.7 Å². The van der Waals surface area contributed by atoms with Crippen molar-refractivity contribution < 1.29 is 8.42 Å². The van der Waals surface area contributed by atoms with Crippen LogP contribution in [0.1, 0.15) is 31.2 Å². The predicted octanol–water partition coefficient (Wildman–Crippen LogP) is 2.33. The number of rotatable bonds is 3. The first-order valence-electron chi connectivity index (χ1n) is 6.07. The van der Waals surface area contributed by atoms with Crippen LogP contribution in [0.15, 0.2) is 23.1 Å². The summed E-state index contributed by atoms with van der Waals surface area (Å²) in [5.74, 6) is 0. The van der Waals surface area contributed by atoms with Crippen LogP contribution in [-0.4, -0.2) is 14.0 Å². The largest absolute Gasteiger partial charge is 0.241 e. The number of nitrogens with zero attached hydrogens (tertiary/aromatic N) is 2. The van der Waals surface area contributed by atoms with E-state index in [0.717, 1.165) is 12.8 Å². The molecule has 1 fully saturated rings. The monoisotopic (exact) mass is 309 g/mol. The molecule has 0 saturated heterocycles. The average Bonchev–Trinajstić information content (AvgIpc) is 2.87. The lowest BCUT2D eigenvalue weighted by molar-refractivity contribution is 0.485. The van der Waals surface area contributed by atoms with Crippen LogP contribution in [0.5, 0.6) is 0 Å². The number of hydrogen-bond donors (Lipinski definition) is 1. The van der Waals surface area contributed by atoms with E-state index in [0.29, 0.717) is 12.8 Å². The summed E-state index contributed by atoms with van der Waals surface area (Å²) in [7, 11) is -3.83. The number of hydrogen-bond acceptors (Lipinski definition) is 4. The number of benzene rings is 1. The summed E-state index contributed by atoms with van der Waals surface area (Å²) in [5.41, 5.74) is -0.819. The van der Waals surface area contributed by atoms with Crippen molar-refractivity contribution in [1.29, 1.82) is 10.5 Å². The summed E-state index contributed by atoms with van der Waals surface area (Å²) < 4.78 is 27.1. The van der Waals surface area contributed by atoms with Crippen LogP contribution in [0.4, 0.5) is 0 Å². The van der Waals surface area contributed by atoms with Gasteiger partial charge in [0.05, 0.1) is 21.6 Å². The minimum absolute atomic E-state index is 0.0389. The average molecular weight is 310 g/mol. The molecule has 1 aliphatic rings. The van der Waals surface area contributed by atoms with Gasteiger partial charge < -0.3 is 0 Å². The molecule has 0 aromatic heterocycles. The van der Waals surface area contributed by atoms with Crippen LogP contribution in [0.25, 0.3) is 0 Å². The van der Waals surface area contributed by atoms with E-state index < -0.39 is 15.6 Å². The zero-order chi connectivity index (χ0) is 14.8. The van der Waals surface area contributed by atoms with E-state index in [1.807, 2.05) is 6.07 Å². The molecule has 1 aromatic rings. The summed E-state index contributed by atoms with van der Waals surface area (Å²) in [6, 6.07) is 7.82. The number of nitrogens with one attached hydrogen (secondary N) is 1. The van der Waals surface area contributed by atoms with Gasteiger partial charge in [-0.3, -0.25) is 0 Å². The van der Waals surface area contributed by atoms with Gasteiger partial charge in [0, 0.05) is 0 Å². The van der Waals surface area contributed by atoms with Gasteiger partial charge >= 0.3 is 0 Å². The quantitative estimate of drug-likeness (QED) is 0.927. The van der Waals surface area contributed by atoms with E-state index in [-0.39, 0.29) is 15.5 Å². The molecule has 0 radical (unpaired) electrons. The van der Waals surface area contributed by atoms with Gasteiger partial charge in [0.2, 0.25) is 10.0 Å². The van der Waals surface area contributed by atoms with Gasteiger partial charge in [0.15, 0.2) is 0 Å². The van der Waals surface area contributed by atoms with Crippen LogP contribution in [-0.2, 0) is 10.0 Å². The molecule has 7 heteroatoms. The summed E-state index contributed by atoms with van der Waals surface area (Å²) in [4.78, 5) is -0.0389. The van der Waals surface area contributed by atoms with Crippen molar-refractivity contribution in [3.8, 4) is 12.1 Å². The molecule has 0 atom stereocenters. The molecular weight excluding hydrogens is 298 g/mol. The zero-order valence-corrected chi connectivity index (χ0v) is 12.1. The lowest BCUT2D eigenvalue weighted by Crippen LogP contribution is -2.44. The Balaban J connectivity index is 2.34. The number of nitriles is 2. The second kappa shape index (κ2) is 5.41. The predicted molar refractivity (Wildman–Crippen MR) is 73.3 cm³/mol. The molecule has 0 bridgehead atoms. The number of halogens is 1. The highest BCUT2D eigenvalue weighted by molar-refractivity contribution is 7.89. The molecular formula is C13H12ClN3O2S. The maximum atomic E-state index is 12.3. The molecule has 20 heavy (non-hydrogen) atoms. The highest BCUT2D eigenvalue weighted by Crippen LogP contribution is 2.31. The first-order chi connectivity index (χ1) is 9.42. The molecule has 0 aliphatic heterocycles. The molecule has 1 N–H and O–H groups in total. The van der Waals surface area contributed by atoms with E-state index >= 15 is 0 Å². The highest BCUT2D eigenvalue weighted by atomic mass is 35.5. The maximum absolute atomic E-state index is 12.3. The van der Waals surface area contributed by atoms with Gasteiger partial charge in [0.25, 0.3) is 0 Å². The third-order valence-corrected chi connectivity index (χ3v) is 5.22. The van der Waals surface area contributed by atoms with Gasteiger partial charge in [-0.15, -0.1) is 0 Å². The Hall–Kier alpha value is -1.60. The first kappa shape index (κ1) is 14.8. The highest BCUT2D eigenvalue weighted by Gasteiger charge is 2.38. The molecule has 104 valence electrons. The topological polar surface area (TPSA) is 93.8 Å². The van der Waals surface area contributed by atoms with E-state index in [1.165, 1.54) is 18.2 Å². The van der Waals surface area contributed by atoms with Crippen LogP contribution >= 0.6 is 11.6 Å². The fourth-order valence-electron chi connectivity index (χ4n) is 2.29. The maximum Gasteiger partial charge on any atom is 0.241 e. The van der Waals surface area contributed by atoms with Crippen molar-refractivity contribution in [2.24, 2.45) is 0 Å². The summed E-state index contributed by atoms with van der Waals surface area (Å²) >= 11 is 5.84. The molecule has 5 nitrogen and oxygen atoms in total. The Morgan fingerprint density at radius 1 is 1.25 bits per heavy atom. The van der Waals surface area contributed by atoms with E-state index in [2.05, 4.69) is 10.8 Å². The summed E-state index contributed by atoms with van der Waals surface area (Å²) in [6.45, 7) is 0. The standard InChI is InChI=1S/C13H12ClN3O2S/c14-12-7-11(4-3-10(12)8-15)20(18,19)17-13(9-16)5-1-2-6-13/h3-4,7,17H,1-2,5-6H2. The minimum atomic E-state index is -3.83. The van der Waals surface area contributed by atoms with E-state index in [9.17, 15) is 13.7 Å². The Morgan fingerprint density at radius 3 is 2.40 bits per heavy atom. The lowest BCUT2D eigenvalue weighted by Gasteiger charge is -2.21. The van der Waals surface area contributed by atoms with Gasteiger partial charge in [-0.2, -0.15) is 15.2 Å². The third-order valence-electron chi connectivity index (χ3n) is 3.37. The van der Waals surface area contributed by atoms with Crippen LogP contribution in [0.2, 0.25) is 5.02 Å². The van der Waals surface area contributed by atoms with Crippen molar-refractivity contribution in [1.82, 2.24) is 4.72 Å². The molecule has 0 unspecified atom stereocenters. The van der Waals surface area contributed by atoms with Gasteiger partial charge in [-0.05, 0) is 31.0 Å². The Bertz CT molecular complexity index is 710. The fourth-order valence-corrected chi connectivity index (χ4v) is 3.97. The molecule has 1 aliphatic carbocycles. The lowest BCUT2D eigenvalue weighted by atomic mass is 10.0. The van der Waals surface area contributed by atoms with Crippen molar-refractivity contribution in [2.75, 3.05) is 0 Å². The van der Waals surface area contributed by atoms with Gasteiger partial charge in [-0.25, -0.2) is 8.42 Å². The molecule has 1 saturated carbocycles. The van der Waals surface area contributed by atoms with Crippen molar-refractivity contribution >= 4 is 21.6 Å². The second-order valence-electron chi connectivity index (χ2n) is 4.76. The van der Waals surface area contributed by atoms with E-state index in [4.69, 9.17) is 16.9 Å². The minimum Gasteiger partial charge on any atom is -0.207 e. The van der Waals surface area contributed by atoms with Gasteiger partial charge in [0.1, 0.15) is 11.6 Å². The van der Waals surface area contributed by atoms with Crippen LogP contribution < -0.4 is 4.72 Å². The van der Waals surface area contributed by atoms with Crippen molar-refractivity contribution in [3.63, 3.8) is 0 Å². The SMILES string of the molecule is N#Cc1ccc(S(=O)(=O)NC2(C#N)CCCC2)cc1Cl. The fraction of sp³-hybridized carbons (Fsp3) is 0.385. The van der Waals surface area contributed by atoms with Gasteiger partial charge in [-0.1, -0.05) is 24.4 Å². The Morgan fingerprint density at radius 2 is 1.90 bits per heavy atom. The molecule has 0 heterocycles. The number of sulfonamides is 1. The molecule has 1 aromatic carbocycles. The molecule has 2 rings (SSSR count). The van der Waals surface area contributed by atoms with E-state index in [1.54, 1.807) is 0 Å². The normalized spacial score (nSPS) is 17.4. The molecule has 0 spiro atoms.